The van der Waals surface area contributed by atoms with Gasteiger partial charge in [-0.25, -0.2) is 0 Å². The van der Waals surface area contributed by atoms with Gasteiger partial charge in [0.25, 0.3) is 0 Å². The van der Waals surface area contributed by atoms with Gasteiger partial charge in [-0.1, -0.05) is 0 Å². The van der Waals surface area contributed by atoms with Crippen LogP contribution in [-0.2, 0) is 22.6 Å². The molecule has 120 valence electrons. The first-order chi connectivity index (χ1) is 11.2. The second-order valence-electron chi connectivity index (χ2n) is 5.65. The van der Waals surface area contributed by atoms with Crippen LogP contribution >= 0.6 is 0 Å². The first kappa shape index (κ1) is 15.3. The topological polar surface area (TPSA) is 75.4 Å². The quantitative estimate of drug-likeness (QED) is 0.874. The van der Waals surface area contributed by atoms with Crippen LogP contribution in [0.2, 0.25) is 0 Å². The number of pyridine rings is 1. The second-order valence-corrected chi connectivity index (χ2v) is 5.65. The van der Waals surface area contributed by atoms with Crippen molar-refractivity contribution in [3.63, 3.8) is 0 Å². The minimum atomic E-state index is -0.277. The Balaban J connectivity index is 1.47. The predicted molar refractivity (Wildman–Crippen MR) is 83.2 cm³/mol. The SMILES string of the molecule is O=C(NCCc1ccco1)[C@H]1CC(=O)N(Cc2ccncc2)C1. The van der Waals surface area contributed by atoms with Crippen LogP contribution in [0.1, 0.15) is 17.7 Å². The highest BCUT2D eigenvalue weighted by Gasteiger charge is 2.33. The van der Waals surface area contributed by atoms with Crippen molar-refractivity contribution >= 4 is 11.8 Å². The van der Waals surface area contributed by atoms with E-state index in [1.807, 2.05) is 24.3 Å². The zero-order chi connectivity index (χ0) is 16.1. The first-order valence-corrected chi connectivity index (χ1v) is 7.69. The average Bonchev–Trinajstić information content (AvgIpc) is 3.19. The van der Waals surface area contributed by atoms with Crippen molar-refractivity contribution in [3.05, 3.63) is 54.2 Å². The lowest BCUT2D eigenvalue weighted by Gasteiger charge is -2.16. The maximum Gasteiger partial charge on any atom is 0.225 e. The van der Waals surface area contributed by atoms with Crippen LogP contribution in [0.3, 0.4) is 0 Å². The first-order valence-electron chi connectivity index (χ1n) is 7.69. The van der Waals surface area contributed by atoms with Gasteiger partial charge in [-0.05, 0) is 29.8 Å². The molecule has 0 unspecified atom stereocenters. The Morgan fingerprint density at radius 3 is 2.91 bits per heavy atom. The van der Waals surface area contributed by atoms with Gasteiger partial charge < -0.3 is 14.6 Å². The van der Waals surface area contributed by atoms with Gasteiger partial charge in [0, 0.05) is 44.9 Å². The number of nitrogens with one attached hydrogen (secondary N) is 1. The molecule has 0 saturated carbocycles. The minimum absolute atomic E-state index is 0.0213. The van der Waals surface area contributed by atoms with E-state index in [-0.39, 0.29) is 24.2 Å². The minimum Gasteiger partial charge on any atom is -0.469 e. The molecule has 0 aromatic carbocycles. The highest BCUT2D eigenvalue weighted by atomic mass is 16.3. The predicted octanol–water partition coefficient (Wildman–Crippen LogP) is 1.38. The summed E-state index contributed by atoms with van der Waals surface area (Å²) in [7, 11) is 0. The summed E-state index contributed by atoms with van der Waals surface area (Å²) in [5, 5.41) is 2.88. The number of hydrogen-bond acceptors (Lipinski definition) is 4. The van der Waals surface area contributed by atoms with Crippen LogP contribution < -0.4 is 5.32 Å². The Morgan fingerprint density at radius 2 is 2.17 bits per heavy atom. The summed E-state index contributed by atoms with van der Waals surface area (Å²) in [6.07, 6.45) is 5.95. The van der Waals surface area contributed by atoms with Gasteiger partial charge in [-0.2, -0.15) is 0 Å². The lowest BCUT2D eigenvalue weighted by molar-refractivity contribution is -0.129. The molecular weight excluding hydrogens is 294 g/mol. The summed E-state index contributed by atoms with van der Waals surface area (Å²) in [5.41, 5.74) is 1.02. The molecule has 6 heteroatoms. The lowest BCUT2D eigenvalue weighted by Crippen LogP contribution is -2.34. The molecule has 1 N–H and O–H groups in total. The number of furan rings is 1. The summed E-state index contributed by atoms with van der Waals surface area (Å²) in [6, 6.07) is 7.46. The maximum atomic E-state index is 12.2. The summed E-state index contributed by atoms with van der Waals surface area (Å²) >= 11 is 0. The summed E-state index contributed by atoms with van der Waals surface area (Å²) in [4.78, 5) is 29.9. The number of nitrogens with zero attached hydrogens (tertiary/aromatic N) is 2. The van der Waals surface area contributed by atoms with Crippen LogP contribution in [0.25, 0.3) is 0 Å². The van der Waals surface area contributed by atoms with Crippen LogP contribution in [0.15, 0.2) is 47.3 Å². The highest BCUT2D eigenvalue weighted by Crippen LogP contribution is 2.20. The van der Waals surface area contributed by atoms with E-state index in [1.165, 1.54) is 0 Å². The molecule has 3 rings (SSSR count). The van der Waals surface area contributed by atoms with E-state index < -0.39 is 0 Å². The zero-order valence-corrected chi connectivity index (χ0v) is 12.8. The van der Waals surface area contributed by atoms with Gasteiger partial charge in [-0.3, -0.25) is 14.6 Å². The molecule has 2 aromatic rings. The Hall–Kier alpha value is -2.63. The molecule has 1 atom stereocenters. The molecule has 0 aliphatic carbocycles. The molecule has 2 amide bonds. The highest BCUT2D eigenvalue weighted by molar-refractivity contribution is 5.89. The van der Waals surface area contributed by atoms with Crippen LogP contribution in [0.4, 0.5) is 0 Å². The molecule has 1 fully saturated rings. The Morgan fingerprint density at radius 1 is 1.35 bits per heavy atom. The van der Waals surface area contributed by atoms with E-state index in [0.29, 0.717) is 26.1 Å². The Bertz CT molecular complexity index is 655. The third-order valence-electron chi connectivity index (χ3n) is 3.96. The lowest BCUT2D eigenvalue weighted by atomic mass is 10.1. The molecule has 0 bridgehead atoms. The van der Waals surface area contributed by atoms with E-state index >= 15 is 0 Å². The number of carbonyl (C=O) groups excluding carboxylic acids is 2. The molecule has 1 aliphatic heterocycles. The standard InChI is InChI=1S/C17H19N3O3/c21-16-10-14(12-20(16)11-13-3-6-18-7-4-13)17(22)19-8-5-15-2-1-9-23-15/h1-4,6-7,9,14H,5,8,10-12H2,(H,19,22)/t14-/m0/s1. The van der Waals surface area contributed by atoms with E-state index in [4.69, 9.17) is 4.42 Å². The van der Waals surface area contributed by atoms with Crippen molar-refractivity contribution in [3.8, 4) is 0 Å². The number of aromatic nitrogens is 1. The van der Waals surface area contributed by atoms with E-state index in [2.05, 4.69) is 10.3 Å². The number of amides is 2. The van der Waals surface area contributed by atoms with Gasteiger partial charge in [-0.15, -0.1) is 0 Å². The fraction of sp³-hybridized carbons (Fsp3) is 0.353. The number of rotatable bonds is 6. The Kier molecular flexibility index (Phi) is 4.71. The van der Waals surface area contributed by atoms with E-state index in [0.717, 1.165) is 11.3 Å². The van der Waals surface area contributed by atoms with Crippen LogP contribution in [0.5, 0.6) is 0 Å². The van der Waals surface area contributed by atoms with E-state index in [1.54, 1.807) is 23.6 Å². The molecule has 2 aromatic heterocycles. The van der Waals surface area contributed by atoms with Crippen molar-refractivity contribution in [2.75, 3.05) is 13.1 Å². The molecule has 3 heterocycles. The number of hydrogen-bond donors (Lipinski definition) is 1. The fourth-order valence-electron chi connectivity index (χ4n) is 2.72. The van der Waals surface area contributed by atoms with Gasteiger partial charge in [0.05, 0.1) is 12.2 Å². The summed E-state index contributed by atoms with van der Waals surface area (Å²) in [6.45, 7) is 1.51. The van der Waals surface area contributed by atoms with Crippen LogP contribution in [-0.4, -0.2) is 34.8 Å². The monoisotopic (exact) mass is 313 g/mol. The van der Waals surface area contributed by atoms with E-state index in [9.17, 15) is 9.59 Å². The summed E-state index contributed by atoms with van der Waals surface area (Å²) in [5.74, 6) is 0.517. The van der Waals surface area contributed by atoms with Gasteiger partial charge in [0.15, 0.2) is 0 Å². The summed E-state index contributed by atoms with van der Waals surface area (Å²) < 4.78 is 5.22. The van der Waals surface area contributed by atoms with Gasteiger partial charge in [0.2, 0.25) is 11.8 Å². The van der Waals surface area contributed by atoms with Crippen molar-refractivity contribution in [2.24, 2.45) is 5.92 Å². The molecule has 6 nitrogen and oxygen atoms in total. The Labute approximate surface area is 134 Å². The van der Waals surface area contributed by atoms with Crippen LogP contribution in [0, 0.1) is 5.92 Å². The van der Waals surface area contributed by atoms with Crippen molar-refractivity contribution in [1.29, 1.82) is 0 Å². The van der Waals surface area contributed by atoms with Gasteiger partial charge in [0.1, 0.15) is 5.76 Å². The molecular formula is C17H19N3O3. The molecule has 0 spiro atoms. The van der Waals surface area contributed by atoms with Crippen molar-refractivity contribution in [2.45, 2.75) is 19.4 Å². The normalized spacial score (nSPS) is 17.5. The number of carbonyl (C=O) groups is 2. The fourth-order valence-corrected chi connectivity index (χ4v) is 2.72. The van der Waals surface area contributed by atoms with Crippen molar-refractivity contribution in [1.82, 2.24) is 15.2 Å². The smallest absolute Gasteiger partial charge is 0.225 e. The largest absolute Gasteiger partial charge is 0.469 e. The number of likely N-dealkylation sites (tertiary alicyclic amines) is 1. The third-order valence-corrected chi connectivity index (χ3v) is 3.96. The van der Waals surface area contributed by atoms with Crippen molar-refractivity contribution < 1.29 is 14.0 Å². The molecule has 1 aliphatic rings. The zero-order valence-electron chi connectivity index (χ0n) is 12.8. The van der Waals surface area contributed by atoms with Gasteiger partial charge >= 0.3 is 0 Å². The second kappa shape index (κ2) is 7.09. The third kappa shape index (κ3) is 3.97. The maximum absolute atomic E-state index is 12.2. The molecule has 23 heavy (non-hydrogen) atoms. The molecule has 0 radical (unpaired) electrons. The average molecular weight is 313 g/mol. The molecule has 1 saturated heterocycles.